The number of nitrogens with zero attached hydrogens (tertiary/aromatic N) is 4. The summed E-state index contributed by atoms with van der Waals surface area (Å²) in [4.78, 5) is 16.5. The number of pyridine rings is 1. The van der Waals surface area contributed by atoms with Gasteiger partial charge in [0.05, 0.1) is 11.0 Å². The molecule has 138 valence electrons. The lowest BCUT2D eigenvalue weighted by molar-refractivity contribution is 0.464. The first-order valence-corrected chi connectivity index (χ1v) is 9.02. The Morgan fingerprint density at radius 3 is 2.89 bits per heavy atom. The number of aromatic nitrogens is 4. The molecule has 0 amide bonds. The zero-order valence-corrected chi connectivity index (χ0v) is 15.3. The third-order valence-electron chi connectivity index (χ3n) is 4.52. The summed E-state index contributed by atoms with van der Waals surface area (Å²) in [5.74, 6) is 0.410. The van der Waals surface area contributed by atoms with E-state index in [1.165, 1.54) is 4.57 Å². The fourth-order valence-electron chi connectivity index (χ4n) is 3.21. The van der Waals surface area contributed by atoms with Crippen LogP contribution in [0.4, 0.5) is 0 Å². The minimum atomic E-state index is -0.447. The van der Waals surface area contributed by atoms with Crippen LogP contribution in [0.1, 0.15) is 5.89 Å². The lowest BCUT2D eigenvalue weighted by Crippen LogP contribution is -2.15. The van der Waals surface area contributed by atoms with E-state index >= 15 is 0 Å². The van der Waals surface area contributed by atoms with Crippen LogP contribution < -0.4 is 5.76 Å². The molecule has 0 saturated carbocycles. The molecule has 2 aromatic carbocycles. The molecule has 3 heterocycles. The minimum Gasteiger partial charge on any atom is -0.421 e. The van der Waals surface area contributed by atoms with E-state index in [0.717, 1.165) is 16.5 Å². The van der Waals surface area contributed by atoms with Crippen molar-refractivity contribution in [1.82, 2.24) is 19.7 Å². The molecule has 0 spiro atoms. The molecule has 0 radical (unpaired) electrons. The van der Waals surface area contributed by atoms with Gasteiger partial charge < -0.3 is 8.83 Å². The van der Waals surface area contributed by atoms with E-state index in [1.54, 1.807) is 24.4 Å². The van der Waals surface area contributed by atoms with Gasteiger partial charge in [-0.2, -0.15) is 0 Å². The van der Waals surface area contributed by atoms with E-state index in [0.29, 0.717) is 40.9 Å². The van der Waals surface area contributed by atoms with Gasteiger partial charge in [0, 0.05) is 41.2 Å². The van der Waals surface area contributed by atoms with Gasteiger partial charge in [0.25, 0.3) is 0 Å². The second-order valence-corrected chi connectivity index (χ2v) is 6.69. The maximum absolute atomic E-state index is 12.1. The molecule has 0 unspecified atom stereocenters. The quantitative estimate of drug-likeness (QED) is 0.458. The number of hydrogen-bond donors (Lipinski definition) is 0. The normalized spacial score (nSPS) is 11.5. The number of fused-ring (bicyclic) bond motifs is 2. The van der Waals surface area contributed by atoms with Gasteiger partial charge in [0.1, 0.15) is 0 Å². The fraction of sp³-hybridized carbons (Fsp3) is 0.100. The summed E-state index contributed by atoms with van der Waals surface area (Å²) in [6.07, 6.45) is 2.14. The average molecular weight is 393 g/mol. The van der Waals surface area contributed by atoms with Gasteiger partial charge in [-0.25, -0.2) is 4.79 Å². The second kappa shape index (κ2) is 6.61. The van der Waals surface area contributed by atoms with Crippen LogP contribution in [0.25, 0.3) is 33.5 Å². The molecule has 0 bridgehead atoms. The van der Waals surface area contributed by atoms with Gasteiger partial charge in [-0.1, -0.05) is 23.7 Å². The molecule has 7 nitrogen and oxygen atoms in total. The molecule has 0 fully saturated rings. The third kappa shape index (κ3) is 2.86. The Hall–Kier alpha value is -3.45. The zero-order chi connectivity index (χ0) is 19.1. The summed E-state index contributed by atoms with van der Waals surface area (Å²) in [5.41, 5.74) is 2.81. The highest BCUT2D eigenvalue weighted by Gasteiger charge is 2.14. The van der Waals surface area contributed by atoms with Crippen molar-refractivity contribution in [1.29, 1.82) is 0 Å². The van der Waals surface area contributed by atoms with Crippen molar-refractivity contribution in [3.8, 4) is 11.5 Å². The predicted molar refractivity (Wildman–Crippen MR) is 104 cm³/mol. The summed E-state index contributed by atoms with van der Waals surface area (Å²) in [5, 5.41) is 9.73. The molecular formula is C20H13ClN4O3. The van der Waals surface area contributed by atoms with Crippen molar-refractivity contribution in [2.75, 3.05) is 0 Å². The summed E-state index contributed by atoms with van der Waals surface area (Å²) in [6.45, 7) is 0.353. The topological polar surface area (TPSA) is 87.0 Å². The minimum absolute atomic E-state index is 0.353. The van der Waals surface area contributed by atoms with Crippen LogP contribution in [0.5, 0.6) is 0 Å². The van der Waals surface area contributed by atoms with Gasteiger partial charge >= 0.3 is 5.76 Å². The number of aryl methyl sites for hydroxylation is 2. The van der Waals surface area contributed by atoms with Gasteiger partial charge in [-0.05, 0) is 30.3 Å². The summed E-state index contributed by atoms with van der Waals surface area (Å²) >= 11 is 5.95. The molecule has 5 aromatic rings. The largest absolute Gasteiger partial charge is 0.421 e. The van der Waals surface area contributed by atoms with E-state index in [2.05, 4.69) is 15.2 Å². The van der Waals surface area contributed by atoms with E-state index in [9.17, 15) is 4.79 Å². The molecule has 0 aliphatic heterocycles. The van der Waals surface area contributed by atoms with Gasteiger partial charge in [-0.3, -0.25) is 9.55 Å². The standard InChI is InChI=1S/C20H13ClN4O3/c21-12-6-7-16-17(11-12)27-20(26)25(16)10-8-18-23-24-19(28-18)14-3-1-5-15-13(14)4-2-9-22-15/h1-7,9,11H,8,10H2. The Balaban J connectivity index is 1.43. The van der Waals surface area contributed by atoms with E-state index in [1.807, 2.05) is 30.3 Å². The highest BCUT2D eigenvalue weighted by atomic mass is 35.5. The first kappa shape index (κ1) is 16.7. The average Bonchev–Trinajstić information content (AvgIpc) is 3.29. The van der Waals surface area contributed by atoms with Crippen molar-refractivity contribution in [2.24, 2.45) is 0 Å². The molecule has 8 heteroatoms. The maximum Gasteiger partial charge on any atom is 0.419 e. The monoisotopic (exact) mass is 392 g/mol. The fourth-order valence-corrected chi connectivity index (χ4v) is 3.37. The van der Waals surface area contributed by atoms with Crippen LogP contribution in [0.3, 0.4) is 0 Å². The van der Waals surface area contributed by atoms with Gasteiger partial charge in [0.2, 0.25) is 11.8 Å². The van der Waals surface area contributed by atoms with Crippen molar-refractivity contribution in [3.05, 3.63) is 76.2 Å². The number of oxazole rings is 1. The maximum atomic E-state index is 12.1. The Kier molecular flexibility index (Phi) is 3.95. The number of benzene rings is 2. The number of hydrogen-bond acceptors (Lipinski definition) is 6. The van der Waals surface area contributed by atoms with Gasteiger partial charge in [-0.15, -0.1) is 10.2 Å². The molecule has 0 atom stereocenters. The number of rotatable bonds is 4. The SMILES string of the molecule is O=c1oc2cc(Cl)ccc2n1CCc1nnc(-c2cccc3ncccc23)o1. The van der Waals surface area contributed by atoms with Crippen molar-refractivity contribution < 1.29 is 8.83 Å². The molecule has 5 rings (SSSR count). The Morgan fingerprint density at radius 2 is 1.96 bits per heavy atom. The number of halogens is 1. The van der Waals surface area contributed by atoms with Crippen LogP contribution in [0.2, 0.25) is 5.02 Å². The van der Waals surface area contributed by atoms with E-state index in [-0.39, 0.29) is 0 Å². The zero-order valence-electron chi connectivity index (χ0n) is 14.5. The van der Waals surface area contributed by atoms with Crippen molar-refractivity contribution in [2.45, 2.75) is 13.0 Å². The summed E-state index contributed by atoms with van der Waals surface area (Å²) in [6, 6.07) is 14.7. The van der Waals surface area contributed by atoms with Crippen molar-refractivity contribution >= 4 is 33.6 Å². The van der Waals surface area contributed by atoms with Crippen LogP contribution in [0.15, 0.2) is 68.4 Å². The van der Waals surface area contributed by atoms with E-state index in [4.69, 9.17) is 20.4 Å². The third-order valence-corrected chi connectivity index (χ3v) is 4.76. The Morgan fingerprint density at radius 1 is 1.04 bits per heavy atom. The first-order chi connectivity index (χ1) is 13.7. The first-order valence-electron chi connectivity index (χ1n) is 8.64. The van der Waals surface area contributed by atoms with Crippen LogP contribution >= 0.6 is 11.6 Å². The molecule has 3 aromatic heterocycles. The molecule has 0 aliphatic rings. The summed E-state index contributed by atoms with van der Waals surface area (Å²) < 4.78 is 12.6. The van der Waals surface area contributed by atoms with Crippen LogP contribution in [0, 0.1) is 0 Å². The Labute approximate surface area is 163 Å². The second-order valence-electron chi connectivity index (χ2n) is 6.26. The molecule has 0 N–H and O–H groups in total. The predicted octanol–water partition coefficient (Wildman–Crippen LogP) is 4.09. The highest BCUT2D eigenvalue weighted by Crippen LogP contribution is 2.26. The smallest absolute Gasteiger partial charge is 0.419 e. The highest BCUT2D eigenvalue weighted by molar-refractivity contribution is 6.31. The van der Waals surface area contributed by atoms with Crippen molar-refractivity contribution in [3.63, 3.8) is 0 Å². The molecule has 0 saturated heterocycles. The van der Waals surface area contributed by atoms with Gasteiger partial charge in [0.15, 0.2) is 5.58 Å². The molecule has 0 aliphatic carbocycles. The lowest BCUT2D eigenvalue weighted by Gasteiger charge is -2.01. The summed E-state index contributed by atoms with van der Waals surface area (Å²) in [7, 11) is 0. The van der Waals surface area contributed by atoms with Crippen LogP contribution in [-0.4, -0.2) is 19.7 Å². The van der Waals surface area contributed by atoms with E-state index < -0.39 is 5.76 Å². The molecular weight excluding hydrogens is 380 g/mol. The van der Waals surface area contributed by atoms with Crippen LogP contribution in [-0.2, 0) is 13.0 Å². The lowest BCUT2D eigenvalue weighted by atomic mass is 10.1. The Bertz CT molecular complexity index is 1360. The molecule has 28 heavy (non-hydrogen) atoms.